The van der Waals surface area contributed by atoms with Gasteiger partial charge in [0, 0.05) is 5.02 Å². The van der Waals surface area contributed by atoms with Crippen molar-refractivity contribution in [1.82, 2.24) is 0 Å². The summed E-state index contributed by atoms with van der Waals surface area (Å²) in [5.74, 6) is -0.0826. The number of methoxy groups -OCH3 is 1. The third-order valence-corrected chi connectivity index (χ3v) is 3.02. The first kappa shape index (κ1) is 14.2. The first-order valence-electron chi connectivity index (χ1n) is 5.96. The van der Waals surface area contributed by atoms with E-state index in [2.05, 4.69) is 0 Å². The quantitative estimate of drug-likeness (QED) is 0.684. The Bertz CT molecular complexity index is 645. The monoisotopic (exact) mass is 288 g/mol. The zero-order valence-electron chi connectivity index (χ0n) is 10.8. The number of rotatable bonds is 4. The number of ketones is 1. The van der Waals surface area contributed by atoms with Gasteiger partial charge in [0.05, 0.1) is 7.11 Å². The normalized spacial score (nSPS) is 10.7. The molecule has 0 bridgehead atoms. The molecule has 0 amide bonds. The summed E-state index contributed by atoms with van der Waals surface area (Å²) in [4.78, 5) is 12.1. The van der Waals surface area contributed by atoms with E-state index < -0.39 is 0 Å². The van der Waals surface area contributed by atoms with Crippen LogP contribution in [0.2, 0.25) is 5.02 Å². The molecule has 0 aliphatic rings. The van der Waals surface area contributed by atoms with Crippen LogP contribution in [0.5, 0.6) is 11.5 Å². The van der Waals surface area contributed by atoms with Crippen LogP contribution in [0.3, 0.4) is 0 Å². The Labute approximate surface area is 122 Å². The largest absolute Gasteiger partial charge is 0.507 e. The van der Waals surface area contributed by atoms with Crippen molar-refractivity contribution >= 4 is 23.5 Å². The molecule has 1 N–H and O–H groups in total. The lowest BCUT2D eigenvalue weighted by molar-refractivity contribution is 0.104. The highest BCUT2D eigenvalue weighted by molar-refractivity contribution is 6.30. The number of aromatic hydroxyl groups is 1. The van der Waals surface area contributed by atoms with E-state index in [0.29, 0.717) is 10.8 Å². The van der Waals surface area contributed by atoms with Crippen LogP contribution in [-0.4, -0.2) is 18.0 Å². The molecule has 0 aliphatic carbocycles. The zero-order valence-corrected chi connectivity index (χ0v) is 11.6. The summed E-state index contributed by atoms with van der Waals surface area (Å²) < 4.78 is 5.08. The topological polar surface area (TPSA) is 46.5 Å². The number of halogens is 1. The van der Waals surface area contributed by atoms with Crippen molar-refractivity contribution < 1.29 is 14.6 Å². The summed E-state index contributed by atoms with van der Waals surface area (Å²) in [5.41, 5.74) is 0.998. The molecule has 0 saturated heterocycles. The highest BCUT2D eigenvalue weighted by Gasteiger charge is 2.14. The van der Waals surface area contributed by atoms with Crippen molar-refractivity contribution in [2.45, 2.75) is 0 Å². The first-order chi connectivity index (χ1) is 9.61. The third kappa shape index (κ3) is 3.19. The molecule has 0 fully saturated rings. The van der Waals surface area contributed by atoms with Gasteiger partial charge in [0.1, 0.15) is 17.1 Å². The van der Waals surface area contributed by atoms with Crippen LogP contribution in [0.4, 0.5) is 0 Å². The Morgan fingerprint density at radius 2 is 1.90 bits per heavy atom. The number of allylic oxidation sites excluding steroid dienone is 1. The van der Waals surface area contributed by atoms with E-state index in [1.165, 1.54) is 19.3 Å². The van der Waals surface area contributed by atoms with E-state index in [9.17, 15) is 9.90 Å². The zero-order chi connectivity index (χ0) is 14.5. The van der Waals surface area contributed by atoms with Crippen molar-refractivity contribution in [2.24, 2.45) is 0 Å². The standard InChI is InChI=1S/C16H13ClO3/c1-20-15-4-2-3-13(18)16(15)14(19)10-7-11-5-8-12(17)9-6-11/h2-10,18H,1H3/b10-7+. The van der Waals surface area contributed by atoms with Gasteiger partial charge in [0.2, 0.25) is 0 Å². The smallest absolute Gasteiger partial charge is 0.193 e. The highest BCUT2D eigenvalue weighted by atomic mass is 35.5. The second-order valence-electron chi connectivity index (χ2n) is 4.10. The molecule has 0 aliphatic heterocycles. The van der Waals surface area contributed by atoms with E-state index in [-0.39, 0.29) is 17.1 Å². The van der Waals surface area contributed by atoms with Gasteiger partial charge in [-0.05, 0) is 35.9 Å². The summed E-state index contributed by atoms with van der Waals surface area (Å²) >= 11 is 5.79. The predicted octanol–water partition coefficient (Wildman–Crippen LogP) is 3.95. The fraction of sp³-hybridized carbons (Fsp3) is 0.0625. The number of ether oxygens (including phenoxy) is 1. The minimum atomic E-state index is -0.324. The molecule has 0 saturated carbocycles. The van der Waals surface area contributed by atoms with Gasteiger partial charge < -0.3 is 9.84 Å². The number of benzene rings is 2. The molecule has 3 nitrogen and oxygen atoms in total. The number of carbonyl (C=O) groups excluding carboxylic acids is 1. The van der Waals surface area contributed by atoms with Crippen LogP contribution in [0.15, 0.2) is 48.5 Å². The van der Waals surface area contributed by atoms with Gasteiger partial charge in [-0.15, -0.1) is 0 Å². The maximum absolute atomic E-state index is 12.1. The van der Waals surface area contributed by atoms with Gasteiger partial charge in [-0.2, -0.15) is 0 Å². The number of phenols is 1. The average Bonchev–Trinajstić information content (AvgIpc) is 2.46. The van der Waals surface area contributed by atoms with Crippen molar-refractivity contribution in [2.75, 3.05) is 7.11 Å². The number of hydrogen-bond donors (Lipinski definition) is 1. The molecule has 0 unspecified atom stereocenters. The van der Waals surface area contributed by atoms with E-state index in [4.69, 9.17) is 16.3 Å². The Morgan fingerprint density at radius 3 is 2.55 bits per heavy atom. The van der Waals surface area contributed by atoms with Crippen molar-refractivity contribution in [3.05, 3.63) is 64.7 Å². The van der Waals surface area contributed by atoms with Crippen molar-refractivity contribution in [1.29, 1.82) is 0 Å². The lowest BCUT2D eigenvalue weighted by atomic mass is 10.1. The Hall–Kier alpha value is -2.26. The van der Waals surface area contributed by atoms with Gasteiger partial charge in [0.25, 0.3) is 0 Å². The minimum Gasteiger partial charge on any atom is -0.507 e. The molecule has 2 rings (SSSR count). The summed E-state index contributed by atoms with van der Waals surface area (Å²) in [5, 5.41) is 10.4. The molecule has 2 aromatic carbocycles. The summed E-state index contributed by atoms with van der Waals surface area (Å²) in [7, 11) is 1.45. The molecule has 0 atom stereocenters. The molecule has 0 aromatic heterocycles. The summed E-state index contributed by atoms with van der Waals surface area (Å²) in [6.45, 7) is 0. The molecular weight excluding hydrogens is 276 g/mol. The van der Waals surface area contributed by atoms with Crippen LogP contribution in [0.25, 0.3) is 6.08 Å². The van der Waals surface area contributed by atoms with Crippen molar-refractivity contribution in [3.8, 4) is 11.5 Å². The van der Waals surface area contributed by atoms with Crippen LogP contribution in [0.1, 0.15) is 15.9 Å². The molecular formula is C16H13ClO3. The molecule has 0 heterocycles. The fourth-order valence-corrected chi connectivity index (χ4v) is 1.89. The van der Waals surface area contributed by atoms with Crippen LogP contribution in [0, 0.1) is 0 Å². The number of carbonyl (C=O) groups is 1. The number of phenolic OH excluding ortho intramolecular Hbond substituents is 1. The minimum absolute atomic E-state index is 0.102. The maximum Gasteiger partial charge on any atom is 0.193 e. The maximum atomic E-state index is 12.1. The van der Waals surface area contributed by atoms with Gasteiger partial charge in [-0.3, -0.25) is 4.79 Å². The molecule has 102 valence electrons. The fourth-order valence-electron chi connectivity index (χ4n) is 1.77. The van der Waals surface area contributed by atoms with Gasteiger partial charge in [-0.1, -0.05) is 35.9 Å². The second-order valence-corrected chi connectivity index (χ2v) is 4.54. The molecule has 2 aromatic rings. The summed E-state index contributed by atoms with van der Waals surface area (Å²) in [6.07, 6.45) is 3.05. The number of hydrogen-bond acceptors (Lipinski definition) is 3. The van der Waals surface area contributed by atoms with Crippen LogP contribution < -0.4 is 4.74 Å². The molecule has 4 heteroatoms. The third-order valence-electron chi connectivity index (χ3n) is 2.77. The Kier molecular flexibility index (Phi) is 4.43. The molecule has 0 spiro atoms. The van der Waals surface area contributed by atoms with Gasteiger partial charge >= 0.3 is 0 Å². The van der Waals surface area contributed by atoms with Crippen molar-refractivity contribution in [3.63, 3.8) is 0 Å². The molecule has 0 radical (unpaired) electrons. The van der Waals surface area contributed by atoms with E-state index in [1.54, 1.807) is 42.5 Å². The predicted molar refractivity (Wildman–Crippen MR) is 79.5 cm³/mol. The Morgan fingerprint density at radius 1 is 1.20 bits per heavy atom. The lowest BCUT2D eigenvalue weighted by Crippen LogP contribution is -1.99. The van der Waals surface area contributed by atoms with Crippen LogP contribution >= 0.6 is 11.6 Å². The van der Waals surface area contributed by atoms with Gasteiger partial charge in [0.15, 0.2) is 5.78 Å². The average molecular weight is 289 g/mol. The molecule has 20 heavy (non-hydrogen) atoms. The highest BCUT2D eigenvalue weighted by Crippen LogP contribution is 2.28. The summed E-state index contributed by atoms with van der Waals surface area (Å²) in [6, 6.07) is 11.8. The van der Waals surface area contributed by atoms with E-state index >= 15 is 0 Å². The first-order valence-corrected chi connectivity index (χ1v) is 6.33. The van der Waals surface area contributed by atoms with E-state index in [1.807, 2.05) is 0 Å². The van der Waals surface area contributed by atoms with E-state index in [0.717, 1.165) is 5.56 Å². The lowest BCUT2D eigenvalue weighted by Gasteiger charge is -2.07. The second kappa shape index (κ2) is 6.26. The SMILES string of the molecule is COc1cccc(O)c1C(=O)/C=C/c1ccc(Cl)cc1. The Balaban J connectivity index is 2.26. The van der Waals surface area contributed by atoms with Crippen LogP contribution in [-0.2, 0) is 0 Å². The van der Waals surface area contributed by atoms with Gasteiger partial charge in [-0.25, -0.2) is 0 Å².